The number of rotatable bonds is 2. The van der Waals surface area contributed by atoms with Crippen molar-refractivity contribution in [1.82, 2.24) is 4.98 Å². The molecule has 3 heteroatoms. The van der Waals surface area contributed by atoms with Crippen LogP contribution in [0.2, 0.25) is 0 Å². The Balaban J connectivity index is 2.34. The highest BCUT2D eigenvalue weighted by Gasteiger charge is 2.18. The van der Waals surface area contributed by atoms with Crippen LogP contribution in [0.5, 0.6) is 0 Å². The van der Waals surface area contributed by atoms with E-state index in [2.05, 4.69) is 26.0 Å². The van der Waals surface area contributed by atoms with Gasteiger partial charge in [-0.3, -0.25) is 4.98 Å². The van der Waals surface area contributed by atoms with Gasteiger partial charge in [0, 0.05) is 17.2 Å². The Bertz CT molecular complexity index is 760. The first kappa shape index (κ1) is 13.8. The highest BCUT2D eigenvalue weighted by atomic mass is 16.4. The van der Waals surface area contributed by atoms with E-state index >= 15 is 0 Å². The quantitative estimate of drug-likeness (QED) is 0.851. The van der Waals surface area contributed by atoms with Gasteiger partial charge in [-0.25, -0.2) is 4.79 Å². The molecule has 21 heavy (non-hydrogen) atoms. The molecule has 0 saturated carbocycles. The monoisotopic (exact) mass is 281 g/mol. The van der Waals surface area contributed by atoms with Crippen LogP contribution in [-0.4, -0.2) is 16.1 Å². The smallest absolute Gasteiger partial charge is 0.328 e. The van der Waals surface area contributed by atoms with Gasteiger partial charge in [0.1, 0.15) is 0 Å². The Morgan fingerprint density at radius 2 is 2.00 bits per heavy atom. The molecule has 0 atom stereocenters. The Kier molecular flexibility index (Phi) is 3.50. The van der Waals surface area contributed by atoms with Crippen molar-refractivity contribution < 1.29 is 9.90 Å². The van der Waals surface area contributed by atoms with Crippen molar-refractivity contribution in [3.63, 3.8) is 0 Å². The second-order valence-electron chi connectivity index (χ2n) is 5.73. The Hall–Kier alpha value is -2.16. The van der Waals surface area contributed by atoms with E-state index in [9.17, 15) is 4.79 Å². The standard InChI is InChI=1S/C18H19NO2/c1-11-7-8-15-13(9-10-17(20)21)14-5-3-4-6-16(14)19-18(15)12(11)2/h7-10H,3-6H2,1-2H3,(H,20,21)/b10-9+. The molecule has 3 rings (SSSR count). The molecule has 1 aromatic heterocycles. The van der Waals surface area contributed by atoms with Gasteiger partial charge < -0.3 is 5.11 Å². The summed E-state index contributed by atoms with van der Waals surface area (Å²) in [5.41, 5.74) is 6.84. The third-order valence-corrected chi connectivity index (χ3v) is 4.40. The second-order valence-corrected chi connectivity index (χ2v) is 5.73. The fourth-order valence-corrected chi connectivity index (χ4v) is 3.11. The Labute approximate surface area is 124 Å². The third kappa shape index (κ3) is 2.44. The van der Waals surface area contributed by atoms with Gasteiger partial charge in [0.05, 0.1) is 5.52 Å². The van der Waals surface area contributed by atoms with Gasteiger partial charge in [0.15, 0.2) is 0 Å². The summed E-state index contributed by atoms with van der Waals surface area (Å²) in [6.45, 7) is 4.17. The van der Waals surface area contributed by atoms with E-state index < -0.39 is 5.97 Å². The first-order chi connectivity index (χ1) is 10.1. The molecule has 0 fully saturated rings. The molecule has 1 aromatic carbocycles. The molecule has 2 aromatic rings. The highest BCUT2D eigenvalue weighted by Crippen LogP contribution is 2.32. The lowest BCUT2D eigenvalue weighted by Crippen LogP contribution is -2.09. The van der Waals surface area contributed by atoms with Crippen LogP contribution in [-0.2, 0) is 17.6 Å². The molecule has 3 nitrogen and oxygen atoms in total. The van der Waals surface area contributed by atoms with Gasteiger partial charge >= 0.3 is 5.97 Å². The maximum atomic E-state index is 10.9. The first-order valence-electron chi connectivity index (χ1n) is 7.40. The molecule has 0 unspecified atom stereocenters. The van der Waals surface area contributed by atoms with E-state index in [-0.39, 0.29) is 0 Å². The zero-order valence-electron chi connectivity index (χ0n) is 12.4. The predicted molar refractivity (Wildman–Crippen MR) is 84.5 cm³/mol. The van der Waals surface area contributed by atoms with E-state index in [1.807, 2.05) is 0 Å². The van der Waals surface area contributed by atoms with Gasteiger partial charge in [0.25, 0.3) is 0 Å². The summed E-state index contributed by atoms with van der Waals surface area (Å²) in [5, 5.41) is 10.0. The number of pyridine rings is 1. The molecule has 0 aliphatic heterocycles. The minimum atomic E-state index is -0.909. The summed E-state index contributed by atoms with van der Waals surface area (Å²) in [6, 6.07) is 4.16. The molecule has 1 N–H and O–H groups in total. The summed E-state index contributed by atoms with van der Waals surface area (Å²) in [7, 11) is 0. The Morgan fingerprint density at radius 3 is 2.76 bits per heavy atom. The normalized spacial score (nSPS) is 14.6. The minimum Gasteiger partial charge on any atom is -0.478 e. The number of aliphatic carboxylic acids is 1. The largest absolute Gasteiger partial charge is 0.478 e. The lowest BCUT2D eigenvalue weighted by molar-refractivity contribution is -0.131. The molecule has 1 heterocycles. The van der Waals surface area contributed by atoms with Gasteiger partial charge in [-0.2, -0.15) is 0 Å². The average molecular weight is 281 g/mol. The molecule has 1 aliphatic rings. The van der Waals surface area contributed by atoms with E-state index in [0.29, 0.717) is 0 Å². The fraction of sp³-hybridized carbons (Fsp3) is 0.333. The number of aryl methyl sites for hydroxylation is 3. The van der Waals surface area contributed by atoms with Crippen molar-refractivity contribution in [2.75, 3.05) is 0 Å². The van der Waals surface area contributed by atoms with Crippen molar-refractivity contribution in [3.8, 4) is 0 Å². The molecule has 1 aliphatic carbocycles. The van der Waals surface area contributed by atoms with Crippen molar-refractivity contribution >= 4 is 22.9 Å². The maximum absolute atomic E-state index is 10.9. The van der Waals surface area contributed by atoms with Crippen LogP contribution in [0.25, 0.3) is 17.0 Å². The lowest BCUT2D eigenvalue weighted by Gasteiger charge is -2.20. The minimum absolute atomic E-state index is 0.909. The molecule has 0 amide bonds. The molecular formula is C18H19NO2. The van der Waals surface area contributed by atoms with E-state index in [0.717, 1.165) is 41.4 Å². The van der Waals surface area contributed by atoms with Crippen molar-refractivity contribution in [3.05, 3.63) is 46.2 Å². The van der Waals surface area contributed by atoms with Crippen LogP contribution >= 0.6 is 0 Å². The van der Waals surface area contributed by atoms with Gasteiger partial charge in [-0.15, -0.1) is 0 Å². The number of hydrogen-bond acceptors (Lipinski definition) is 2. The van der Waals surface area contributed by atoms with Crippen molar-refractivity contribution in [2.24, 2.45) is 0 Å². The Morgan fingerprint density at radius 1 is 1.24 bits per heavy atom. The number of aromatic nitrogens is 1. The van der Waals surface area contributed by atoms with Crippen LogP contribution in [0.4, 0.5) is 0 Å². The first-order valence-corrected chi connectivity index (χ1v) is 7.40. The van der Waals surface area contributed by atoms with Gasteiger partial charge in [-0.05, 0) is 67.9 Å². The zero-order valence-corrected chi connectivity index (χ0v) is 12.4. The SMILES string of the molecule is Cc1ccc2c(/C=C/C(=O)O)c3c(nc2c1C)CCCC3. The highest BCUT2D eigenvalue weighted by molar-refractivity contribution is 5.95. The van der Waals surface area contributed by atoms with Crippen molar-refractivity contribution in [1.29, 1.82) is 0 Å². The lowest BCUT2D eigenvalue weighted by atomic mass is 9.88. The number of carboxylic acid groups (broad SMARTS) is 1. The number of fused-ring (bicyclic) bond motifs is 2. The van der Waals surface area contributed by atoms with Crippen LogP contribution in [0.3, 0.4) is 0 Å². The molecular weight excluding hydrogens is 262 g/mol. The summed E-state index contributed by atoms with van der Waals surface area (Å²) in [5.74, 6) is -0.909. The molecule has 0 saturated heterocycles. The zero-order chi connectivity index (χ0) is 15.0. The van der Waals surface area contributed by atoms with E-state index in [1.165, 1.54) is 29.2 Å². The molecule has 0 bridgehead atoms. The fourth-order valence-electron chi connectivity index (χ4n) is 3.11. The topological polar surface area (TPSA) is 50.2 Å². The van der Waals surface area contributed by atoms with E-state index in [1.54, 1.807) is 6.08 Å². The number of carbonyl (C=O) groups is 1. The van der Waals surface area contributed by atoms with Crippen molar-refractivity contribution in [2.45, 2.75) is 39.5 Å². The van der Waals surface area contributed by atoms with Crippen LogP contribution in [0.15, 0.2) is 18.2 Å². The van der Waals surface area contributed by atoms with Gasteiger partial charge in [0.2, 0.25) is 0 Å². The van der Waals surface area contributed by atoms with E-state index in [4.69, 9.17) is 10.1 Å². The van der Waals surface area contributed by atoms with Crippen LogP contribution in [0.1, 0.15) is 40.8 Å². The number of nitrogens with zero attached hydrogens (tertiary/aromatic N) is 1. The molecule has 0 radical (unpaired) electrons. The summed E-state index contributed by atoms with van der Waals surface area (Å²) in [6.07, 6.45) is 7.28. The van der Waals surface area contributed by atoms with Crippen LogP contribution in [0, 0.1) is 13.8 Å². The number of carboxylic acids is 1. The number of benzene rings is 1. The molecule has 108 valence electrons. The summed E-state index contributed by atoms with van der Waals surface area (Å²) >= 11 is 0. The van der Waals surface area contributed by atoms with Gasteiger partial charge in [-0.1, -0.05) is 12.1 Å². The molecule has 0 spiro atoms. The summed E-state index contributed by atoms with van der Waals surface area (Å²) < 4.78 is 0. The summed E-state index contributed by atoms with van der Waals surface area (Å²) in [4.78, 5) is 15.8. The van der Waals surface area contributed by atoms with Crippen LogP contribution < -0.4 is 0 Å². The number of hydrogen-bond donors (Lipinski definition) is 1. The maximum Gasteiger partial charge on any atom is 0.328 e. The average Bonchev–Trinajstić information content (AvgIpc) is 2.48. The second kappa shape index (κ2) is 5.32. The third-order valence-electron chi connectivity index (χ3n) is 4.40. The predicted octanol–water partition coefficient (Wildman–Crippen LogP) is 3.83.